The summed E-state index contributed by atoms with van der Waals surface area (Å²) in [5.74, 6) is 0.474. The van der Waals surface area contributed by atoms with E-state index in [1.54, 1.807) is 0 Å². The molecule has 1 fully saturated rings. The molecule has 1 saturated carbocycles. The number of nitrogens with one attached hydrogen (secondary N) is 1. The minimum Gasteiger partial charge on any atom is -0.353 e. The summed E-state index contributed by atoms with van der Waals surface area (Å²) in [5, 5.41) is 3.19. The maximum Gasteiger partial charge on any atom is 0.223 e. The third-order valence-electron chi connectivity index (χ3n) is 3.39. The standard InChI is InChI=1S/C13H25NO/c1-3-4-8-11(2)13(15)14-12-9-6-5-7-10-12/h11-12H,3-10H2,1-2H3,(H,14,15). The van der Waals surface area contributed by atoms with E-state index < -0.39 is 0 Å². The number of amides is 1. The molecule has 0 saturated heterocycles. The Morgan fingerprint density at radius 1 is 1.33 bits per heavy atom. The third-order valence-corrected chi connectivity index (χ3v) is 3.39. The topological polar surface area (TPSA) is 29.1 Å². The largest absolute Gasteiger partial charge is 0.353 e. The van der Waals surface area contributed by atoms with Gasteiger partial charge in [0.15, 0.2) is 0 Å². The van der Waals surface area contributed by atoms with E-state index >= 15 is 0 Å². The van der Waals surface area contributed by atoms with Crippen molar-refractivity contribution in [1.29, 1.82) is 0 Å². The summed E-state index contributed by atoms with van der Waals surface area (Å²) in [7, 11) is 0. The van der Waals surface area contributed by atoms with Gasteiger partial charge < -0.3 is 5.32 Å². The molecule has 1 rings (SSSR count). The van der Waals surface area contributed by atoms with E-state index in [0.717, 1.165) is 6.42 Å². The summed E-state index contributed by atoms with van der Waals surface area (Å²) in [5.41, 5.74) is 0. The lowest BCUT2D eigenvalue weighted by atomic mass is 9.94. The number of rotatable bonds is 5. The van der Waals surface area contributed by atoms with Crippen LogP contribution in [0, 0.1) is 5.92 Å². The van der Waals surface area contributed by atoms with Crippen LogP contribution >= 0.6 is 0 Å². The zero-order chi connectivity index (χ0) is 11.1. The molecule has 15 heavy (non-hydrogen) atoms. The van der Waals surface area contributed by atoms with E-state index in [9.17, 15) is 4.79 Å². The molecule has 0 bridgehead atoms. The van der Waals surface area contributed by atoms with E-state index in [4.69, 9.17) is 0 Å². The summed E-state index contributed by atoms with van der Waals surface area (Å²) in [6, 6.07) is 0.468. The molecule has 1 aliphatic carbocycles. The second-order valence-electron chi connectivity index (χ2n) is 4.89. The van der Waals surface area contributed by atoms with Gasteiger partial charge in [0.1, 0.15) is 0 Å². The summed E-state index contributed by atoms with van der Waals surface area (Å²) < 4.78 is 0. The first-order valence-electron chi connectivity index (χ1n) is 6.54. The highest BCUT2D eigenvalue weighted by atomic mass is 16.1. The minimum atomic E-state index is 0.201. The normalized spacial score (nSPS) is 19.9. The number of carbonyl (C=O) groups is 1. The van der Waals surface area contributed by atoms with Crippen molar-refractivity contribution in [3.63, 3.8) is 0 Å². The highest BCUT2D eigenvalue weighted by Gasteiger charge is 2.18. The summed E-state index contributed by atoms with van der Waals surface area (Å²) in [6.45, 7) is 4.22. The fourth-order valence-corrected chi connectivity index (χ4v) is 2.23. The molecule has 2 nitrogen and oxygen atoms in total. The fourth-order valence-electron chi connectivity index (χ4n) is 2.23. The van der Waals surface area contributed by atoms with Crippen LogP contribution in [0.4, 0.5) is 0 Å². The van der Waals surface area contributed by atoms with Crippen LogP contribution in [0.25, 0.3) is 0 Å². The summed E-state index contributed by atoms with van der Waals surface area (Å²) in [6.07, 6.45) is 9.67. The van der Waals surface area contributed by atoms with E-state index in [1.807, 2.05) is 6.92 Å². The van der Waals surface area contributed by atoms with Gasteiger partial charge in [0, 0.05) is 12.0 Å². The van der Waals surface area contributed by atoms with Crippen LogP contribution < -0.4 is 5.32 Å². The molecule has 0 radical (unpaired) electrons. The van der Waals surface area contributed by atoms with Gasteiger partial charge in [-0.25, -0.2) is 0 Å². The Labute approximate surface area is 93.8 Å². The van der Waals surface area contributed by atoms with E-state index in [-0.39, 0.29) is 11.8 Å². The highest BCUT2D eigenvalue weighted by Crippen LogP contribution is 2.18. The van der Waals surface area contributed by atoms with Crippen molar-refractivity contribution in [1.82, 2.24) is 5.32 Å². The fraction of sp³-hybridized carbons (Fsp3) is 0.923. The van der Waals surface area contributed by atoms with Gasteiger partial charge >= 0.3 is 0 Å². The van der Waals surface area contributed by atoms with Crippen molar-refractivity contribution >= 4 is 5.91 Å². The van der Waals surface area contributed by atoms with Crippen LogP contribution in [0.5, 0.6) is 0 Å². The van der Waals surface area contributed by atoms with E-state index in [0.29, 0.717) is 6.04 Å². The Balaban J connectivity index is 2.20. The van der Waals surface area contributed by atoms with Crippen LogP contribution in [0.2, 0.25) is 0 Å². The molecular weight excluding hydrogens is 186 g/mol. The Hall–Kier alpha value is -0.530. The molecule has 2 heteroatoms. The van der Waals surface area contributed by atoms with Crippen molar-refractivity contribution in [2.45, 2.75) is 71.3 Å². The maximum absolute atomic E-state index is 11.8. The molecule has 0 aliphatic heterocycles. The number of hydrogen-bond donors (Lipinski definition) is 1. The predicted molar refractivity (Wildman–Crippen MR) is 63.7 cm³/mol. The second-order valence-corrected chi connectivity index (χ2v) is 4.89. The van der Waals surface area contributed by atoms with Crippen molar-refractivity contribution in [3.8, 4) is 0 Å². The minimum absolute atomic E-state index is 0.201. The number of unbranched alkanes of at least 4 members (excludes halogenated alkanes) is 1. The smallest absolute Gasteiger partial charge is 0.223 e. The van der Waals surface area contributed by atoms with Gasteiger partial charge in [0.25, 0.3) is 0 Å². The molecule has 1 atom stereocenters. The van der Waals surface area contributed by atoms with Crippen LogP contribution in [0.1, 0.15) is 65.2 Å². The van der Waals surface area contributed by atoms with Crippen molar-refractivity contribution in [2.75, 3.05) is 0 Å². The molecule has 1 amide bonds. The third kappa shape index (κ3) is 4.67. The second kappa shape index (κ2) is 6.86. The molecule has 0 aromatic carbocycles. The first-order chi connectivity index (χ1) is 7.24. The Morgan fingerprint density at radius 3 is 2.60 bits per heavy atom. The van der Waals surface area contributed by atoms with Gasteiger partial charge in [-0.2, -0.15) is 0 Å². The van der Waals surface area contributed by atoms with Gasteiger partial charge in [-0.05, 0) is 19.3 Å². The lowest BCUT2D eigenvalue weighted by Crippen LogP contribution is -2.39. The summed E-state index contributed by atoms with van der Waals surface area (Å²) in [4.78, 5) is 11.8. The van der Waals surface area contributed by atoms with Gasteiger partial charge in [0.2, 0.25) is 5.91 Å². The molecule has 0 heterocycles. The molecular formula is C13H25NO. The lowest BCUT2D eigenvalue weighted by molar-refractivity contribution is -0.125. The Morgan fingerprint density at radius 2 is 2.00 bits per heavy atom. The monoisotopic (exact) mass is 211 g/mol. The summed E-state index contributed by atoms with van der Waals surface area (Å²) >= 11 is 0. The molecule has 0 aromatic heterocycles. The van der Waals surface area contributed by atoms with E-state index in [1.165, 1.54) is 44.9 Å². The van der Waals surface area contributed by atoms with Gasteiger partial charge in [-0.1, -0.05) is 46.0 Å². The molecule has 1 unspecified atom stereocenters. The molecule has 1 aliphatic rings. The molecule has 0 spiro atoms. The maximum atomic E-state index is 11.8. The lowest BCUT2D eigenvalue weighted by Gasteiger charge is -2.24. The molecule has 0 aromatic rings. The van der Waals surface area contributed by atoms with Crippen molar-refractivity contribution in [2.24, 2.45) is 5.92 Å². The van der Waals surface area contributed by atoms with Crippen molar-refractivity contribution < 1.29 is 4.79 Å². The first-order valence-corrected chi connectivity index (χ1v) is 6.54. The SMILES string of the molecule is CCCCC(C)C(=O)NC1CCCCC1. The van der Waals surface area contributed by atoms with Crippen LogP contribution in [0.3, 0.4) is 0 Å². The molecule has 88 valence electrons. The van der Waals surface area contributed by atoms with Crippen molar-refractivity contribution in [3.05, 3.63) is 0 Å². The van der Waals surface area contributed by atoms with Gasteiger partial charge in [-0.3, -0.25) is 4.79 Å². The average Bonchev–Trinajstić information content (AvgIpc) is 2.27. The zero-order valence-electron chi connectivity index (χ0n) is 10.2. The molecule has 1 N–H and O–H groups in total. The number of carbonyl (C=O) groups excluding carboxylic acids is 1. The highest BCUT2D eigenvalue weighted by molar-refractivity contribution is 5.78. The zero-order valence-corrected chi connectivity index (χ0v) is 10.2. The average molecular weight is 211 g/mol. The Bertz CT molecular complexity index is 185. The number of hydrogen-bond acceptors (Lipinski definition) is 1. The van der Waals surface area contributed by atoms with Crippen LogP contribution in [0.15, 0.2) is 0 Å². The first kappa shape index (κ1) is 12.5. The van der Waals surface area contributed by atoms with Crippen LogP contribution in [-0.2, 0) is 4.79 Å². The van der Waals surface area contributed by atoms with E-state index in [2.05, 4.69) is 12.2 Å². The van der Waals surface area contributed by atoms with Gasteiger partial charge in [0.05, 0.1) is 0 Å². The quantitative estimate of drug-likeness (QED) is 0.743. The van der Waals surface area contributed by atoms with Gasteiger partial charge in [-0.15, -0.1) is 0 Å². The Kier molecular flexibility index (Phi) is 5.74. The van der Waals surface area contributed by atoms with Crippen LogP contribution in [-0.4, -0.2) is 11.9 Å². The predicted octanol–water partition coefficient (Wildman–Crippen LogP) is 3.26.